The number of ether oxygens (including phenoxy) is 1. The number of rotatable bonds is 13. The van der Waals surface area contributed by atoms with Gasteiger partial charge in [0.05, 0.1) is 12.1 Å². The van der Waals surface area contributed by atoms with Gasteiger partial charge in [0.15, 0.2) is 11.7 Å². The van der Waals surface area contributed by atoms with E-state index in [-0.39, 0.29) is 47.8 Å². The van der Waals surface area contributed by atoms with Crippen LogP contribution in [-0.2, 0) is 19.1 Å². The second-order valence-electron chi connectivity index (χ2n) is 11.1. The lowest BCUT2D eigenvalue weighted by molar-refractivity contribution is -0.142. The predicted octanol–water partition coefficient (Wildman–Crippen LogP) is 2.43. The average molecular weight is 575 g/mol. The zero-order chi connectivity index (χ0) is 31.5. The largest absolute Gasteiger partial charge is 0.507 e. The van der Waals surface area contributed by atoms with Crippen LogP contribution in [0, 0.1) is 5.92 Å². The van der Waals surface area contributed by atoms with E-state index in [1.54, 1.807) is 46.8 Å². The Morgan fingerprint density at radius 3 is 2.24 bits per heavy atom. The number of phenols is 1. The molecule has 2 atom stereocenters. The van der Waals surface area contributed by atoms with E-state index in [1.807, 2.05) is 6.92 Å². The standard InChI is InChI=1S/C29H46N6O6/c1-8-12-19(25(38)35(7)26(39)20(30)14-11-16-33-27(31)32)22(18-13-9-10-15-21(18)36)24(37)23(17(2)3)34-28(40)41-29(4,5)6/h9-10,13,15,17,20,23,36H,8,11-12,14,16,30H2,1-7H3,(H,34,40)(H4,31,32,33)/t20-,23-/m0/s1. The van der Waals surface area contributed by atoms with Crippen molar-refractivity contribution in [2.45, 2.75) is 84.9 Å². The minimum atomic E-state index is -1.10. The third-order valence-corrected chi connectivity index (χ3v) is 6.02. The predicted molar refractivity (Wildman–Crippen MR) is 159 cm³/mol. The maximum Gasteiger partial charge on any atom is 0.408 e. The normalized spacial score (nSPS) is 13.5. The highest BCUT2D eigenvalue weighted by atomic mass is 16.6. The summed E-state index contributed by atoms with van der Waals surface area (Å²) in [7, 11) is 1.29. The monoisotopic (exact) mass is 574 g/mol. The van der Waals surface area contributed by atoms with Gasteiger partial charge in [-0.3, -0.25) is 24.3 Å². The number of carbonyl (C=O) groups excluding carboxylic acids is 4. The molecule has 1 aromatic rings. The fourth-order valence-electron chi connectivity index (χ4n) is 4.04. The summed E-state index contributed by atoms with van der Waals surface area (Å²) < 4.78 is 5.36. The number of carbonyl (C=O) groups is 4. The van der Waals surface area contributed by atoms with E-state index in [2.05, 4.69) is 10.3 Å². The molecule has 0 saturated heterocycles. The SMILES string of the molecule is CCCC(C(=O)N(C)C(=O)[C@@H](N)CCCN=C(N)N)=C(C(=O)[C@@H](NC(=O)OC(C)(C)C)C(C)C)c1ccccc1O. The number of ketones is 1. The molecule has 41 heavy (non-hydrogen) atoms. The molecule has 228 valence electrons. The minimum absolute atomic E-state index is 0.0131. The van der Waals surface area contributed by atoms with E-state index in [0.29, 0.717) is 12.8 Å². The number of nitrogens with two attached hydrogens (primary N) is 3. The van der Waals surface area contributed by atoms with Gasteiger partial charge in [-0.1, -0.05) is 45.4 Å². The summed E-state index contributed by atoms with van der Waals surface area (Å²) in [5.74, 6) is -2.71. The Labute approximate surface area is 242 Å². The highest BCUT2D eigenvalue weighted by molar-refractivity contribution is 6.30. The van der Waals surface area contributed by atoms with Crippen LogP contribution in [-0.4, -0.2) is 70.9 Å². The number of phenolic OH excluding ortho intramolecular Hbond substituents is 1. The lowest BCUT2D eigenvalue weighted by Gasteiger charge is -2.27. The van der Waals surface area contributed by atoms with Crippen molar-refractivity contribution in [3.63, 3.8) is 0 Å². The van der Waals surface area contributed by atoms with Crippen LogP contribution in [0.15, 0.2) is 34.8 Å². The van der Waals surface area contributed by atoms with Crippen molar-refractivity contribution in [3.05, 3.63) is 35.4 Å². The topological polar surface area (TPSA) is 203 Å². The second-order valence-corrected chi connectivity index (χ2v) is 11.1. The summed E-state index contributed by atoms with van der Waals surface area (Å²) >= 11 is 0. The first-order valence-corrected chi connectivity index (χ1v) is 13.7. The van der Waals surface area contributed by atoms with E-state index in [9.17, 15) is 24.3 Å². The van der Waals surface area contributed by atoms with Crippen LogP contribution in [0.25, 0.3) is 5.57 Å². The molecule has 0 aliphatic rings. The van der Waals surface area contributed by atoms with Gasteiger partial charge in [0.2, 0.25) is 5.91 Å². The van der Waals surface area contributed by atoms with E-state index in [1.165, 1.54) is 19.2 Å². The Hall–Kier alpha value is -3.93. The number of likely N-dealkylation sites (N-methyl/N-ethyl adjacent to an activating group) is 1. The first-order valence-electron chi connectivity index (χ1n) is 13.7. The van der Waals surface area contributed by atoms with Crippen molar-refractivity contribution >= 4 is 35.2 Å². The summed E-state index contributed by atoms with van der Waals surface area (Å²) in [5, 5.41) is 13.4. The minimum Gasteiger partial charge on any atom is -0.507 e. The molecule has 3 amide bonds. The Bertz CT molecular complexity index is 1150. The van der Waals surface area contributed by atoms with Crippen molar-refractivity contribution in [2.24, 2.45) is 28.1 Å². The summed E-state index contributed by atoms with van der Waals surface area (Å²) in [6.07, 6.45) is 0.398. The Balaban J connectivity index is 3.60. The number of hydrogen-bond donors (Lipinski definition) is 5. The molecule has 1 aromatic carbocycles. The van der Waals surface area contributed by atoms with Crippen molar-refractivity contribution in [3.8, 4) is 5.75 Å². The molecule has 0 bridgehead atoms. The molecule has 0 aromatic heterocycles. The molecule has 0 spiro atoms. The Kier molecular flexibility index (Phi) is 13.5. The van der Waals surface area contributed by atoms with Crippen LogP contribution < -0.4 is 22.5 Å². The zero-order valence-corrected chi connectivity index (χ0v) is 25.2. The van der Waals surface area contributed by atoms with Crippen molar-refractivity contribution in [1.82, 2.24) is 10.2 Å². The zero-order valence-electron chi connectivity index (χ0n) is 25.2. The first-order chi connectivity index (χ1) is 19.0. The highest BCUT2D eigenvalue weighted by Crippen LogP contribution is 2.33. The number of Topliss-reactive ketones (excluding diaryl/α,β-unsaturated/α-hetero) is 1. The molecule has 0 radical (unpaired) electrons. The number of nitrogens with one attached hydrogen (secondary N) is 1. The van der Waals surface area contributed by atoms with Gasteiger partial charge < -0.3 is 32.4 Å². The lowest BCUT2D eigenvalue weighted by atomic mass is 9.86. The molecule has 0 saturated carbocycles. The number of aliphatic imine (C=N–C) groups is 1. The van der Waals surface area contributed by atoms with Crippen molar-refractivity contribution in [1.29, 1.82) is 0 Å². The van der Waals surface area contributed by atoms with E-state index in [4.69, 9.17) is 21.9 Å². The van der Waals surface area contributed by atoms with Gasteiger partial charge in [0.1, 0.15) is 11.4 Å². The molecule has 0 heterocycles. The number of aromatic hydroxyl groups is 1. The summed E-state index contributed by atoms with van der Waals surface area (Å²) in [6.45, 7) is 10.7. The molecule has 0 aliphatic carbocycles. The molecule has 12 heteroatoms. The summed E-state index contributed by atoms with van der Waals surface area (Å²) in [5.41, 5.74) is 15.9. The van der Waals surface area contributed by atoms with Gasteiger partial charge in [0.25, 0.3) is 5.91 Å². The quantitative estimate of drug-likeness (QED) is 0.101. The molecular formula is C29H46N6O6. The average Bonchev–Trinajstić information content (AvgIpc) is 2.87. The second kappa shape index (κ2) is 15.8. The number of nitrogens with zero attached hydrogens (tertiary/aromatic N) is 2. The molecule has 1 rings (SSSR count). The number of benzene rings is 1. The first kappa shape index (κ1) is 35.1. The van der Waals surface area contributed by atoms with E-state index < -0.39 is 47.3 Å². The molecule has 0 unspecified atom stereocenters. The molecular weight excluding hydrogens is 528 g/mol. The van der Waals surface area contributed by atoms with Gasteiger partial charge in [-0.25, -0.2) is 4.79 Å². The molecule has 0 fully saturated rings. The van der Waals surface area contributed by atoms with E-state index in [0.717, 1.165) is 4.90 Å². The van der Waals surface area contributed by atoms with Crippen LogP contribution in [0.1, 0.15) is 72.8 Å². The third kappa shape index (κ3) is 10.9. The van der Waals surface area contributed by atoms with Crippen molar-refractivity contribution < 1.29 is 29.0 Å². The highest BCUT2D eigenvalue weighted by Gasteiger charge is 2.35. The fourth-order valence-corrected chi connectivity index (χ4v) is 4.04. The number of guanidine groups is 1. The van der Waals surface area contributed by atoms with Crippen LogP contribution in [0.4, 0.5) is 4.79 Å². The van der Waals surface area contributed by atoms with Gasteiger partial charge in [-0.15, -0.1) is 0 Å². The maximum atomic E-state index is 14.2. The van der Waals surface area contributed by atoms with Crippen LogP contribution in [0.5, 0.6) is 5.75 Å². The van der Waals surface area contributed by atoms with Crippen LogP contribution in [0.3, 0.4) is 0 Å². The number of amides is 3. The third-order valence-electron chi connectivity index (χ3n) is 6.02. The Morgan fingerprint density at radius 1 is 1.12 bits per heavy atom. The lowest BCUT2D eigenvalue weighted by Crippen LogP contribution is -2.48. The molecule has 8 N–H and O–H groups in total. The van der Waals surface area contributed by atoms with Gasteiger partial charge >= 0.3 is 6.09 Å². The Morgan fingerprint density at radius 2 is 1.73 bits per heavy atom. The van der Waals surface area contributed by atoms with E-state index >= 15 is 0 Å². The number of hydrogen-bond acceptors (Lipinski definition) is 8. The number of alkyl carbamates (subject to hydrolysis) is 1. The van der Waals surface area contributed by atoms with Gasteiger partial charge in [-0.05, 0) is 52.0 Å². The van der Waals surface area contributed by atoms with Crippen LogP contribution in [0.2, 0.25) is 0 Å². The van der Waals surface area contributed by atoms with Gasteiger partial charge in [0, 0.05) is 30.3 Å². The smallest absolute Gasteiger partial charge is 0.408 e. The fraction of sp³-hybridized carbons (Fsp3) is 0.552. The molecule has 0 aliphatic heterocycles. The van der Waals surface area contributed by atoms with Crippen molar-refractivity contribution in [2.75, 3.05) is 13.6 Å². The van der Waals surface area contributed by atoms with Gasteiger partial charge in [-0.2, -0.15) is 0 Å². The summed E-state index contributed by atoms with van der Waals surface area (Å²) in [6, 6.07) is 3.99. The number of para-hydroxylation sites is 1. The molecule has 12 nitrogen and oxygen atoms in total. The number of imide groups is 1. The maximum absolute atomic E-state index is 14.2. The van der Waals surface area contributed by atoms with Crippen LogP contribution >= 0.6 is 0 Å². The summed E-state index contributed by atoms with van der Waals surface area (Å²) in [4.78, 5) is 58.5.